The fraction of sp³-hybridized carbons (Fsp3) is 0.519. The Balaban J connectivity index is 1.34. The van der Waals surface area contributed by atoms with Crippen LogP contribution in [0.15, 0.2) is 42.5 Å². The first-order valence-corrected chi connectivity index (χ1v) is 12.0. The molecule has 2 aliphatic heterocycles. The molecule has 2 aromatic rings. The van der Waals surface area contributed by atoms with Crippen molar-refractivity contribution in [1.29, 1.82) is 0 Å². The van der Waals surface area contributed by atoms with Crippen LogP contribution in [0.5, 0.6) is 0 Å². The van der Waals surface area contributed by atoms with Gasteiger partial charge in [-0.25, -0.2) is 0 Å². The molecule has 0 atom stereocenters. The Bertz CT molecular complexity index is 882. The van der Waals surface area contributed by atoms with Gasteiger partial charge < -0.3 is 4.90 Å². The highest BCUT2D eigenvalue weighted by Crippen LogP contribution is 2.27. The predicted octanol–water partition coefficient (Wildman–Crippen LogP) is 4.22. The average Bonchev–Trinajstić information content (AvgIpc) is 2.79. The molecule has 0 N–H and O–H groups in total. The third-order valence-electron chi connectivity index (χ3n) is 6.88. The summed E-state index contributed by atoms with van der Waals surface area (Å²) >= 11 is 0. The Morgan fingerprint density at radius 2 is 1.61 bits per heavy atom. The maximum Gasteiger partial charge on any atom is 0.236 e. The van der Waals surface area contributed by atoms with E-state index in [0.29, 0.717) is 12.6 Å². The lowest BCUT2D eigenvalue weighted by Gasteiger charge is -2.38. The van der Waals surface area contributed by atoms with E-state index < -0.39 is 0 Å². The van der Waals surface area contributed by atoms with E-state index in [-0.39, 0.29) is 5.91 Å². The summed E-state index contributed by atoms with van der Waals surface area (Å²) in [6.07, 6.45) is 3.35. The standard InChI is InChI=1S/C27H37N3O/c1-4-5-22-6-8-23(9-7-22)24-10-11-26-19-28(13-12-25(26)18-24)20-27(31)30-16-14-29(15-17-30)21(2)3/h6-11,18,21H,4-5,12-17,19-20H2,1-3H3. The highest BCUT2D eigenvalue weighted by atomic mass is 16.2. The van der Waals surface area contributed by atoms with E-state index >= 15 is 0 Å². The lowest BCUT2D eigenvalue weighted by Crippen LogP contribution is -2.53. The number of carbonyl (C=O) groups excluding carboxylic acids is 1. The van der Waals surface area contributed by atoms with Gasteiger partial charge in [0.1, 0.15) is 0 Å². The summed E-state index contributed by atoms with van der Waals surface area (Å²) in [6.45, 7) is 12.8. The van der Waals surface area contributed by atoms with Gasteiger partial charge in [0.15, 0.2) is 0 Å². The van der Waals surface area contributed by atoms with Crippen molar-refractivity contribution in [3.05, 3.63) is 59.2 Å². The van der Waals surface area contributed by atoms with E-state index in [4.69, 9.17) is 0 Å². The summed E-state index contributed by atoms with van der Waals surface area (Å²) < 4.78 is 0. The third-order valence-corrected chi connectivity index (χ3v) is 6.88. The molecule has 4 nitrogen and oxygen atoms in total. The van der Waals surface area contributed by atoms with Crippen LogP contribution in [-0.4, -0.2) is 65.9 Å². The summed E-state index contributed by atoms with van der Waals surface area (Å²) in [5.74, 6) is 0.288. The molecule has 0 spiro atoms. The highest BCUT2D eigenvalue weighted by Gasteiger charge is 2.25. The van der Waals surface area contributed by atoms with Crippen LogP contribution in [0.1, 0.15) is 43.9 Å². The van der Waals surface area contributed by atoms with Crippen molar-refractivity contribution < 1.29 is 4.79 Å². The molecule has 4 rings (SSSR count). The molecule has 2 aromatic carbocycles. The largest absolute Gasteiger partial charge is 0.339 e. The van der Waals surface area contributed by atoms with E-state index in [9.17, 15) is 4.79 Å². The van der Waals surface area contributed by atoms with Crippen molar-refractivity contribution >= 4 is 5.91 Å². The molecule has 2 heterocycles. The summed E-state index contributed by atoms with van der Waals surface area (Å²) in [7, 11) is 0. The zero-order chi connectivity index (χ0) is 21.8. The number of fused-ring (bicyclic) bond motifs is 1. The highest BCUT2D eigenvalue weighted by molar-refractivity contribution is 5.78. The molecule has 1 saturated heterocycles. The van der Waals surface area contributed by atoms with Crippen molar-refractivity contribution in [2.75, 3.05) is 39.3 Å². The van der Waals surface area contributed by atoms with Crippen LogP contribution in [0.25, 0.3) is 11.1 Å². The Labute approximate surface area is 187 Å². The number of hydrogen-bond donors (Lipinski definition) is 0. The molecular weight excluding hydrogens is 382 g/mol. The zero-order valence-corrected chi connectivity index (χ0v) is 19.4. The molecule has 2 aliphatic rings. The van der Waals surface area contributed by atoms with Crippen molar-refractivity contribution in [3.63, 3.8) is 0 Å². The second-order valence-electron chi connectivity index (χ2n) is 9.40. The van der Waals surface area contributed by atoms with Gasteiger partial charge in [-0.05, 0) is 54.5 Å². The topological polar surface area (TPSA) is 26.8 Å². The normalized spacial score (nSPS) is 17.7. The number of nitrogens with zero attached hydrogens (tertiary/aromatic N) is 3. The Hall–Kier alpha value is -2.17. The summed E-state index contributed by atoms with van der Waals surface area (Å²) in [4.78, 5) is 19.7. The molecular formula is C27H37N3O. The van der Waals surface area contributed by atoms with E-state index in [1.807, 2.05) is 0 Å². The summed E-state index contributed by atoms with van der Waals surface area (Å²) in [5, 5.41) is 0. The van der Waals surface area contributed by atoms with E-state index in [2.05, 4.69) is 77.9 Å². The maximum absolute atomic E-state index is 12.8. The Morgan fingerprint density at radius 1 is 0.903 bits per heavy atom. The predicted molar refractivity (Wildman–Crippen MR) is 128 cm³/mol. The fourth-order valence-corrected chi connectivity index (χ4v) is 4.86. The molecule has 166 valence electrons. The van der Waals surface area contributed by atoms with Crippen LogP contribution in [-0.2, 0) is 24.2 Å². The van der Waals surface area contributed by atoms with Crippen LogP contribution in [0.2, 0.25) is 0 Å². The lowest BCUT2D eigenvalue weighted by molar-refractivity contribution is -0.134. The van der Waals surface area contributed by atoms with Gasteiger partial charge in [0.05, 0.1) is 6.54 Å². The lowest BCUT2D eigenvalue weighted by atomic mass is 9.94. The monoisotopic (exact) mass is 419 g/mol. The number of hydrogen-bond acceptors (Lipinski definition) is 3. The molecule has 1 fully saturated rings. The molecule has 0 saturated carbocycles. The number of rotatable bonds is 6. The van der Waals surface area contributed by atoms with Gasteiger partial charge in [-0.3, -0.25) is 14.6 Å². The van der Waals surface area contributed by atoms with Crippen molar-refractivity contribution in [3.8, 4) is 11.1 Å². The van der Waals surface area contributed by atoms with Gasteiger partial charge in [0.25, 0.3) is 0 Å². The first kappa shape index (κ1) is 22.0. The minimum Gasteiger partial charge on any atom is -0.339 e. The van der Waals surface area contributed by atoms with Gasteiger partial charge in [0.2, 0.25) is 5.91 Å². The molecule has 31 heavy (non-hydrogen) atoms. The zero-order valence-electron chi connectivity index (χ0n) is 19.4. The SMILES string of the molecule is CCCc1ccc(-c2ccc3c(c2)CCN(CC(=O)N2CCN(C(C)C)CC2)C3)cc1. The molecule has 0 radical (unpaired) electrons. The minimum atomic E-state index is 0.288. The van der Waals surface area contributed by atoms with Crippen LogP contribution in [0, 0.1) is 0 Å². The second-order valence-corrected chi connectivity index (χ2v) is 9.40. The third kappa shape index (κ3) is 5.36. The van der Waals surface area contributed by atoms with Crippen LogP contribution in [0.4, 0.5) is 0 Å². The van der Waals surface area contributed by atoms with Gasteiger partial charge in [-0.15, -0.1) is 0 Å². The maximum atomic E-state index is 12.8. The van der Waals surface area contributed by atoms with Crippen LogP contribution < -0.4 is 0 Å². The van der Waals surface area contributed by atoms with E-state index in [1.165, 1.54) is 34.2 Å². The molecule has 4 heteroatoms. The van der Waals surface area contributed by atoms with Gasteiger partial charge >= 0.3 is 0 Å². The number of carbonyl (C=O) groups is 1. The summed E-state index contributed by atoms with van der Waals surface area (Å²) in [6, 6.07) is 16.4. The Morgan fingerprint density at radius 3 is 2.29 bits per heavy atom. The first-order valence-electron chi connectivity index (χ1n) is 12.0. The molecule has 0 aromatic heterocycles. The number of aryl methyl sites for hydroxylation is 1. The van der Waals surface area contributed by atoms with E-state index in [0.717, 1.165) is 52.1 Å². The number of amides is 1. The van der Waals surface area contributed by atoms with Gasteiger partial charge in [-0.1, -0.05) is 55.8 Å². The van der Waals surface area contributed by atoms with Crippen LogP contribution >= 0.6 is 0 Å². The quantitative estimate of drug-likeness (QED) is 0.702. The molecule has 1 amide bonds. The minimum absolute atomic E-state index is 0.288. The van der Waals surface area contributed by atoms with Crippen molar-refractivity contribution in [2.24, 2.45) is 0 Å². The molecule has 0 bridgehead atoms. The smallest absolute Gasteiger partial charge is 0.236 e. The van der Waals surface area contributed by atoms with Gasteiger partial charge in [0, 0.05) is 45.3 Å². The van der Waals surface area contributed by atoms with Crippen LogP contribution in [0.3, 0.4) is 0 Å². The number of piperazine rings is 1. The second kappa shape index (κ2) is 9.97. The van der Waals surface area contributed by atoms with Gasteiger partial charge in [-0.2, -0.15) is 0 Å². The van der Waals surface area contributed by atoms with E-state index in [1.54, 1.807) is 0 Å². The summed E-state index contributed by atoms with van der Waals surface area (Å²) in [5.41, 5.74) is 6.81. The average molecular weight is 420 g/mol. The number of benzene rings is 2. The Kier molecular flexibility index (Phi) is 7.09. The van der Waals surface area contributed by atoms with Crippen molar-refractivity contribution in [2.45, 2.75) is 52.6 Å². The fourth-order valence-electron chi connectivity index (χ4n) is 4.86. The van der Waals surface area contributed by atoms with Crippen molar-refractivity contribution in [1.82, 2.24) is 14.7 Å². The molecule has 0 unspecified atom stereocenters. The first-order chi connectivity index (χ1) is 15.0. The molecule has 0 aliphatic carbocycles.